The topological polar surface area (TPSA) is 0 Å². The second-order valence-electron chi connectivity index (χ2n) is 8.13. The van der Waals surface area contributed by atoms with E-state index < -0.39 is 0 Å². The van der Waals surface area contributed by atoms with Crippen LogP contribution in [0.15, 0.2) is 102 Å². The van der Waals surface area contributed by atoms with Crippen LogP contribution in [0.3, 0.4) is 0 Å². The maximum atomic E-state index is 3.85. The summed E-state index contributed by atoms with van der Waals surface area (Å²) in [7, 11) is 0. The van der Waals surface area contributed by atoms with Crippen molar-refractivity contribution in [2.45, 2.75) is 19.8 Å². The zero-order chi connectivity index (χ0) is 20.7. The molecule has 0 heterocycles. The highest BCUT2D eigenvalue weighted by Gasteiger charge is 2.13. The van der Waals surface area contributed by atoms with Crippen LogP contribution in [-0.2, 0) is 0 Å². The minimum absolute atomic E-state index is 0.556. The van der Waals surface area contributed by atoms with Gasteiger partial charge in [-0.3, -0.25) is 0 Å². The number of fused-ring (bicyclic) bond motifs is 2. The maximum Gasteiger partial charge on any atom is 0.0332 e. The minimum atomic E-state index is 0.556. The van der Waals surface area contributed by atoms with E-state index in [0.29, 0.717) is 5.92 Å². The molecular formula is C29H23Br. The number of benzene rings is 5. The highest BCUT2D eigenvalue weighted by Crippen LogP contribution is 2.41. The third kappa shape index (κ3) is 3.24. The van der Waals surface area contributed by atoms with Gasteiger partial charge in [-0.1, -0.05) is 111 Å². The van der Waals surface area contributed by atoms with Crippen molar-refractivity contribution in [2.24, 2.45) is 0 Å². The first-order valence-electron chi connectivity index (χ1n) is 10.4. The zero-order valence-electron chi connectivity index (χ0n) is 17.2. The second kappa shape index (κ2) is 7.74. The van der Waals surface area contributed by atoms with Gasteiger partial charge in [0.25, 0.3) is 0 Å². The minimum Gasteiger partial charge on any atom is -0.0616 e. The summed E-state index contributed by atoms with van der Waals surface area (Å²) in [5.74, 6) is 0.556. The molecule has 0 bridgehead atoms. The molecule has 0 saturated heterocycles. The van der Waals surface area contributed by atoms with E-state index in [1.54, 1.807) is 0 Å². The van der Waals surface area contributed by atoms with Gasteiger partial charge in [0.15, 0.2) is 0 Å². The maximum absolute atomic E-state index is 3.85. The molecular weight excluding hydrogens is 428 g/mol. The third-order valence-electron chi connectivity index (χ3n) is 5.95. The molecule has 5 aromatic carbocycles. The molecule has 5 aromatic rings. The van der Waals surface area contributed by atoms with Crippen molar-refractivity contribution in [3.05, 3.63) is 107 Å². The summed E-state index contributed by atoms with van der Waals surface area (Å²) < 4.78 is 1.17. The lowest BCUT2D eigenvalue weighted by Crippen LogP contribution is -1.88. The summed E-state index contributed by atoms with van der Waals surface area (Å²) in [6.45, 7) is 4.47. The van der Waals surface area contributed by atoms with Gasteiger partial charge < -0.3 is 0 Å². The van der Waals surface area contributed by atoms with E-state index in [1.807, 2.05) is 0 Å². The van der Waals surface area contributed by atoms with Crippen molar-refractivity contribution >= 4 is 37.5 Å². The average molecular weight is 451 g/mol. The molecule has 1 heteroatoms. The fourth-order valence-corrected chi connectivity index (χ4v) is 4.97. The highest BCUT2D eigenvalue weighted by molar-refractivity contribution is 9.10. The van der Waals surface area contributed by atoms with Crippen LogP contribution in [0, 0.1) is 0 Å². The van der Waals surface area contributed by atoms with Gasteiger partial charge in [0.05, 0.1) is 0 Å². The fraction of sp³-hybridized carbons (Fsp3) is 0.103. The van der Waals surface area contributed by atoms with Crippen LogP contribution in [0.1, 0.15) is 25.3 Å². The molecule has 0 N–H and O–H groups in total. The fourth-order valence-electron chi connectivity index (χ4n) is 4.28. The standard InChI is InChI=1S/C29H23Br/c1-19(2)20-11-13-21(14-12-20)22-15-17-23(18-16-22)28-24-7-3-5-9-26(24)29(30)27-10-6-4-8-25(27)28/h3-19H,1-2H3. The number of halogens is 1. The Morgan fingerprint density at radius 2 is 0.900 bits per heavy atom. The molecule has 0 aliphatic rings. The second-order valence-corrected chi connectivity index (χ2v) is 8.93. The summed E-state index contributed by atoms with van der Waals surface area (Å²) in [4.78, 5) is 0. The smallest absolute Gasteiger partial charge is 0.0332 e. The lowest BCUT2D eigenvalue weighted by atomic mass is 9.91. The zero-order valence-corrected chi connectivity index (χ0v) is 18.8. The first-order chi connectivity index (χ1) is 14.6. The van der Waals surface area contributed by atoms with Crippen LogP contribution in [0.4, 0.5) is 0 Å². The number of hydrogen-bond acceptors (Lipinski definition) is 0. The van der Waals surface area contributed by atoms with Crippen LogP contribution in [0.5, 0.6) is 0 Å². The largest absolute Gasteiger partial charge is 0.0616 e. The lowest BCUT2D eigenvalue weighted by molar-refractivity contribution is 0.867. The Morgan fingerprint density at radius 1 is 0.500 bits per heavy atom. The Kier molecular flexibility index (Phi) is 4.92. The van der Waals surface area contributed by atoms with E-state index in [0.717, 1.165) is 0 Å². The van der Waals surface area contributed by atoms with Crippen LogP contribution in [-0.4, -0.2) is 0 Å². The average Bonchev–Trinajstić information content (AvgIpc) is 2.80. The molecule has 0 aliphatic heterocycles. The van der Waals surface area contributed by atoms with Crippen molar-refractivity contribution < 1.29 is 0 Å². The molecule has 0 radical (unpaired) electrons. The van der Waals surface area contributed by atoms with Crippen molar-refractivity contribution in [3.63, 3.8) is 0 Å². The van der Waals surface area contributed by atoms with Crippen LogP contribution < -0.4 is 0 Å². The predicted octanol–water partition coefficient (Wildman–Crippen LogP) is 9.21. The molecule has 0 unspecified atom stereocenters. The number of hydrogen-bond donors (Lipinski definition) is 0. The summed E-state index contributed by atoms with van der Waals surface area (Å²) >= 11 is 3.85. The molecule has 0 fully saturated rings. The van der Waals surface area contributed by atoms with Crippen molar-refractivity contribution in [3.8, 4) is 22.3 Å². The van der Waals surface area contributed by atoms with E-state index in [4.69, 9.17) is 0 Å². The predicted molar refractivity (Wildman–Crippen MR) is 134 cm³/mol. The molecule has 0 saturated carbocycles. The summed E-state index contributed by atoms with van der Waals surface area (Å²) in [6.07, 6.45) is 0. The van der Waals surface area contributed by atoms with Crippen LogP contribution in [0.2, 0.25) is 0 Å². The Hall–Kier alpha value is -2.90. The Bertz CT molecular complexity index is 1290. The molecule has 0 spiro atoms. The number of rotatable bonds is 3. The molecule has 0 amide bonds. The molecule has 30 heavy (non-hydrogen) atoms. The SMILES string of the molecule is CC(C)c1ccc(-c2ccc(-c3c4ccccc4c(Br)c4ccccc34)cc2)cc1. The molecule has 0 atom stereocenters. The first kappa shape index (κ1) is 19.1. The molecule has 146 valence electrons. The van der Waals surface area contributed by atoms with Crippen molar-refractivity contribution in [2.75, 3.05) is 0 Å². The monoisotopic (exact) mass is 450 g/mol. The highest BCUT2D eigenvalue weighted by atomic mass is 79.9. The molecule has 0 aliphatic carbocycles. The van der Waals surface area contributed by atoms with Gasteiger partial charge in [0.1, 0.15) is 0 Å². The van der Waals surface area contributed by atoms with Gasteiger partial charge >= 0.3 is 0 Å². The van der Waals surface area contributed by atoms with Gasteiger partial charge in [-0.2, -0.15) is 0 Å². The van der Waals surface area contributed by atoms with Gasteiger partial charge in [-0.05, 0) is 71.2 Å². The molecule has 0 nitrogen and oxygen atoms in total. The summed E-state index contributed by atoms with van der Waals surface area (Å²) in [5, 5.41) is 5.05. The summed E-state index contributed by atoms with van der Waals surface area (Å²) in [6, 6.07) is 35.2. The summed E-state index contributed by atoms with van der Waals surface area (Å²) in [5.41, 5.74) is 6.43. The van der Waals surface area contributed by atoms with Crippen molar-refractivity contribution in [1.82, 2.24) is 0 Å². The third-order valence-corrected chi connectivity index (χ3v) is 6.80. The van der Waals surface area contributed by atoms with Crippen molar-refractivity contribution in [1.29, 1.82) is 0 Å². The lowest BCUT2D eigenvalue weighted by Gasteiger charge is -2.15. The van der Waals surface area contributed by atoms with Gasteiger partial charge in [-0.15, -0.1) is 0 Å². The van der Waals surface area contributed by atoms with Gasteiger partial charge in [0, 0.05) is 4.47 Å². The van der Waals surface area contributed by atoms with E-state index in [-0.39, 0.29) is 0 Å². The van der Waals surface area contributed by atoms with E-state index in [9.17, 15) is 0 Å². The normalized spacial score (nSPS) is 11.5. The van der Waals surface area contributed by atoms with E-state index >= 15 is 0 Å². The van der Waals surface area contributed by atoms with E-state index in [2.05, 4.69) is 127 Å². The Labute approximate surface area is 186 Å². The first-order valence-corrected chi connectivity index (χ1v) is 11.2. The Morgan fingerprint density at radius 3 is 1.37 bits per heavy atom. The van der Waals surface area contributed by atoms with Crippen LogP contribution >= 0.6 is 15.9 Å². The Balaban J connectivity index is 1.66. The van der Waals surface area contributed by atoms with E-state index in [1.165, 1.54) is 53.8 Å². The van der Waals surface area contributed by atoms with Crippen LogP contribution in [0.25, 0.3) is 43.8 Å². The molecule has 5 rings (SSSR count). The molecule has 0 aromatic heterocycles. The van der Waals surface area contributed by atoms with Gasteiger partial charge in [-0.25, -0.2) is 0 Å². The van der Waals surface area contributed by atoms with Gasteiger partial charge in [0.2, 0.25) is 0 Å². The quantitative estimate of drug-likeness (QED) is 0.240.